The predicted octanol–water partition coefficient (Wildman–Crippen LogP) is 1.53. The average Bonchev–Trinajstić information content (AvgIpc) is 3.14. The van der Waals surface area contributed by atoms with Crippen LogP contribution < -0.4 is 5.56 Å². The van der Waals surface area contributed by atoms with Gasteiger partial charge < -0.3 is 14.6 Å². The zero-order chi connectivity index (χ0) is 16.7. The van der Waals surface area contributed by atoms with Crippen LogP contribution in [0.15, 0.2) is 39.6 Å². The lowest BCUT2D eigenvalue weighted by Gasteiger charge is -2.20. The summed E-state index contributed by atoms with van der Waals surface area (Å²) in [6.45, 7) is 2.65. The van der Waals surface area contributed by atoms with E-state index in [4.69, 9.17) is 4.52 Å². The highest BCUT2D eigenvalue weighted by Gasteiger charge is 2.36. The number of aryl methyl sites for hydroxylation is 1. The smallest absolute Gasteiger partial charge is 0.252 e. The summed E-state index contributed by atoms with van der Waals surface area (Å²) in [5, 5.41) is 14.8. The Kier molecular flexibility index (Phi) is 3.66. The lowest BCUT2D eigenvalue weighted by molar-refractivity contribution is 0.169. The zero-order valence-corrected chi connectivity index (χ0v) is 13.3. The minimum absolute atomic E-state index is 0.115. The fraction of sp³-hybridized carbons (Fsp3) is 0.353. The number of aliphatic hydroxyl groups is 1. The molecule has 0 saturated carbocycles. The predicted molar refractivity (Wildman–Crippen MR) is 87.4 cm³/mol. The Morgan fingerprint density at radius 2 is 2.25 bits per heavy atom. The lowest BCUT2D eigenvalue weighted by atomic mass is 10.1. The molecule has 0 unspecified atom stereocenters. The van der Waals surface area contributed by atoms with E-state index >= 15 is 0 Å². The van der Waals surface area contributed by atoms with Gasteiger partial charge in [0.2, 0.25) is 5.89 Å². The van der Waals surface area contributed by atoms with Crippen LogP contribution in [0.3, 0.4) is 0 Å². The largest absolute Gasteiger partial charge is 0.392 e. The number of nitrogens with zero attached hydrogens (tertiary/aromatic N) is 3. The number of H-pyrrole nitrogens is 1. The first-order chi connectivity index (χ1) is 11.6. The molecule has 2 aromatic heterocycles. The molecule has 2 N–H and O–H groups in total. The molecule has 0 radical (unpaired) electrons. The number of hydrogen-bond acceptors (Lipinski definition) is 6. The van der Waals surface area contributed by atoms with E-state index in [1.807, 2.05) is 35.2 Å². The van der Waals surface area contributed by atoms with Crippen molar-refractivity contribution in [3.8, 4) is 0 Å². The Bertz CT molecular complexity index is 933. The number of aromatic nitrogens is 3. The van der Waals surface area contributed by atoms with E-state index in [2.05, 4.69) is 15.1 Å². The average molecular weight is 326 g/mol. The molecule has 0 aliphatic carbocycles. The minimum atomic E-state index is -0.471. The molecule has 1 aliphatic rings. The van der Waals surface area contributed by atoms with Gasteiger partial charge in [-0.2, -0.15) is 4.98 Å². The van der Waals surface area contributed by atoms with Crippen LogP contribution in [0.5, 0.6) is 0 Å². The van der Waals surface area contributed by atoms with Crippen molar-refractivity contribution >= 4 is 10.9 Å². The highest BCUT2D eigenvalue weighted by atomic mass is 16.5. The summed E-state index contributed by atoms with van der Waals surface area (Å²) < 4.78 is 5.27. The fourth-order valence-electron chi connectivity index (χ4n) is 3.29. The van der Waals surface area contributed by atoms with Crippen molar-refractivity contribution in [2.45, 2.75) is 32.0 Å². The molecule has 24 heavy (non-hydrogen) atoms. The maximum atomic E-state index is 12.4. The third kappa shape index (κ3) is 2.72. The molecular formula is C17H18N4O3. The number of pyridine rings is 1. The summed E-state index contributed by atoms with van der Waals surface area (Å²) >= 11 is 0. The monoisotopic (exact) mass is 326 g/mol. The lowest BCUT2D eigenvalue weighted by Crippen LogP contribution is -2.28. The maximum absolute atomic E-state index is 12.4. The molecule has 1 aliphatic heterocycles. The number of likely N-dealkylation sites (tertiary alicyclic amines) is 1. The van der Waals surface area contributed by atoms with Gasteiger partial charge in [-0.1, -0.05) is 23.4 Å². The van der Waals surface area contributed by atoms with Crippen LogP contribution in [-0.2, 0) is 6.54 Å². The summed E-state index contributed by atoms with van der Waals surface area (Å²) in [6, 6.07) is 9.40. The molecule has 1 saturated heterocycles. The van der Waals surface area contributed by atoms with E-state index in [-0.39, 0.29) is 11.6 Å². The van der Waals surface area contributed by atoms with Crippen LogP contribution in [0.2, 0.25) is 0 Å². The fourth-order valence-corrected chi connectivity index (χ4v) is 3.29. The standard InChI is InChI=1S/C17H18N4O3/c1-10-18-17(24-20-10)15-7-13(22)9-21(15)8-12-6-11-4-2-3-5-14(11)19-16(12)23/h2-6,13,15,22H,7-9H2,1H3,(H,19,23)/t13-,15-/m1/s1. The summed E-state index contributed by atoms with van der Waals surface area (Å²) in [5.41, 5.74) is 1.36. The van der Waals surface area contributed by atoms with Crippen molar-refractivity contribution in [2.75, 3.05) is 6.54 Å². The molecule has 7 nitrogen and oxygen atoms in total. The Balaban J connectivity index is 1.66. The number of nitrogens with one attached hydrogen (secondary N) is 1. The first kappa shape index (κ1) is 15.0. The third-order valence-electron chi connectivity index (χ3n) is 4.41. The Labute approximate surface area is 137 Å². The molecule has 1 fully saturated rings. The van der Waals surface area contributed by atoms with Crippen molar-refractivity contribution in [1.29, 1.82) is 0 Å². The van der Waals surface area contributed by atoms with E-state index in [1.165, 1.54) is 0 Å². The molecule has 124 valence electrons. The second-order valence-corrected chi connectivity index (χ2v) is 6.23. The number of rotatable bonds is 3. The van der Waals surface area contributed by atoms with Crippen LogP contribution in [0.4, 0.5) is 0 Å². The molecular weight excluding hydrogens is 308 g/mol. The first-order valence-electron chi connectivity index (χ1n) is 7.93. The Morgan fingerprint density at radius 1 is 1.42 bits per heavy atom. The summed E-state index contributed by atoms with van der Waals surface area (Å²) in [7, 11) is 0. The maximum Gasteiger partial charge on any atom is 0.252 e. The number of para-hydroxylation sites is 1. The van der Waals surface area contributed by atoms with Crippen molar-refractivity contribution < 1.29 is 9.63 Å². The number of β-amino-alcohol motifs (C(OH)–C–C–N with tert-alkyl or cyclic N) is 1. The van der Waals surface area contributed by atoms with Crippen LogP contribution in [0.1, 0.15) is 29.7 Å². The van der Waals surface area contributed by atoms with Gasteiger partial charge in [0.15, 0.2) is 5.82 Å². The van der Waals surface area contributed by atoms with Gasteiger partial charge >= 0.3 is 0 Å². The van der Waals surface area contributed by atoms with Crippen LogP contribution in [0.25, 0.3) is 10.9 Å². The molecule has 4 rings (SSSR count). The molecule has 0 bridgehead atoms. The molecule has 0 amide bonds. The normalized spacial score (nSPS) is 21.6. The molecule has 7 heteroatoms. The van der Waals surface area contributed by atoms with Gasteiger partial charge in [0.05, 0.1) is 12.1 Å². The molecule has 2 atom stereocenters. The van der Waals surface area contributed by atoms with Gasteiger partial charge in [-0.15, -0.1) is 0 Å². The number of fused-ring (bicyclic) bond motifs is 1. The van der Waals surface area contributed by atoms with Crippen molar-refractivity contribution in [3.05, 3.63) is 58.0 Å². The second kappa shape index (κ2) is 5.85. The van der Waals surface area contributed by atoms with Crippen molar-refractivity contribution in [3.63, 3.8) is 0 Å². The van der Waals surface area contributed by atoms with E-state index in [0.29, 0.717) is 36.8 Å². The van der Waals surface area contributed by atoms with Crippen LogP contribution in [-0.4, -0.2) is 37.8 Å². The van der Waals surface area contributed by atoms with Crippen LogP contribution >= 0.6 is 0 Å². The van der Waals surface area contributed by atoms with Gasteiger partial charge in [-0.05, 0) is 30.9 Å². The Morgan fingerprint density at radius 3 is 3.04 bits per heavy atom. The van der Waals surface area contributed by atoms with Gasteiger partial charge in [0.1, 0.15) is 0 Å². The topological polar surface area (TPSA) is 95.3 Å². The highest BCUT2D eigenvalue weighted by molar-refractivity contribution is 5.78. The third-order valence-corrected chi connectivity index (χ3v) is 4.41. The van der Waals surface area contributed by atoms with Gasteiger partial charge in [-0.3, -0.25) is 9.69 Å². The van der Waals surface area contributed by atoms with E-state index in [0.717, 1.165) is 10.9 Å². The summed E-state index contributed by atoms with van der Waals surface area (Å²) in [6.07, 6.45) is 0.0503. The molecule has 1 aromatic carbocycles. The Hall–Kier alpha value is -2.51. The van der Waals surface area contributed by atoms with Crippen LogP contribution in [0, 0.1) is 6.92 Å². The second-order valence-electron chi connectivity index (χ2n) is 6.23. The quantitative estimate of drug-likeness (QED) is 0.758. The van der Waals surface area contributed by atoms with Gasteiger partial charge in [-0.25, -0.2) is 0 Å². The summed E-state index contributed by atoms with van der Waals surface area (Å²) in [5.74, 6) is 1.05. The van der Waals surface area contributed by atoms with Crippen molar-refractivity contribution in [2.24, 2.45) is 0 Å². The van der Waals surface area contributed by atoms with E-state index in [9.17, 15) is 9.90 Å². The van der Waals surface area contributed by atoms with Gasteiger partial charge in [0, 0.05) is 24.2 Å². The molecule has 0 spiro atoms. The zero-order valence-electron chi connectivity index (χ0n) is 13.3. The van der Waals surface area contributed by atoms with Crippen molar-refractivity contribution in [1.82, 2.24) is 20.0 Å². The molecule has 3 aromatic rings. The molecule has 3 heterocycles. The highest BCUT2D eigenvalue weighted by Crippen LogP contribution is 2.32. The summed E-state index contributed by atoms with van der Waals surface area (Å²) in [4.78, 5) is 21.5. The van der Waals surface area contributed by atoms with E-state index < -0.39 is 6.10 Å². The first-order valence-corrected chi connectivity index (χ1v) is 7.93. The van der Waals surface area contributed by atoms with E-state index in [1.54, 1.807) is 6.92 Å². The van der Waals surface area contributed by atoms with Gasteiger partial charge in [0.25, 0.3) is 5.56 Å². The number of aromatic amines is 1. The number of hydrogen-bond donors (Lipinski definition) is 2. The SMILES string of the molecule is Cc1noc([C@H]2C[C@@H](O)CN2Cc2cc3ccccc3[nH]c2=O)n1. The minimum Gasteiger partial charge on any atom is -0.392 e. The number of aliphatic hydroxyl groups excluding tert-OH is 1. The number of benzene rings is 1.